The number of nitrogens with zero attached hydrogens (tertiary/aromatic N) is 1. The Morgan fingerprint density at radius 3 is 2.60 bits per heavy atom. The van der Waals surface area contributed by atoms with Gasteiger partial charge in [0.15, 0.2) is 0 Å². The van der Waals surface area contributed by atoms with Crippen LogP contribution in [0.4, 0.5) is 0 Å². The standard InChI is InChI=1S/C9H8N/c1-7-4-3-5-9(6-10)8(7)2/h4-5H,1-2H3. The molecule has 0 spiro atoms. The number of benzene rings is 1. The Hall–Kier alpha value is -1.29. The van der Waals surface area contributed by atoms with Crippen LogP contribution in [0.25, 0.3) is 0 Å². The van der Waals surface area contributed by atoms with Crippen molar-refractivity contribution in [2.75, 3.05) is 0 Å². The fourth-order valence-electron chi connectivity index (χ4n) is 0.795. The molecule has 10 heavy (non-hydrogen) atoms. The van der Waals surface area contributed by atoms with Crippen molar-refractivity contribution in [3.05, 3.63) is 34.9 Å². The van der Waals surface area contributed by atoms with Crippen molar-refractivity contribution < 1.29 is 0 Å². The van der Waals surface area contributed by atoms with Crippen LogP contribution in [0, 0.1) is 31.2 Å². The van der Waals surface area contributed by atoms with Gasteiger partial charge < -0.3 is 0 Å². The Balaban J connectivity index is 3.31. The lowest BCUT2D eigenvalue weighted by molar-refractivity contribution is 1.30. The van der Waals surface area contributed by atoms with Gasteiger partial charge in [-0.3, -0.25) is 0 Å². The van der Waals surface area contributed by atoms with Crippen molar-refractivity contribution in [3.8, 4) is 6.07 Å². The Morgan fingerprint density at radius 2 is 2.10 bits per heavy atom. The molecule has 0 saturated carbocycles. The topological polar surface area (TPSA) is 23.8 Å². The summed E-state index contributed by atoms with van der Waals surface area (Å²) < 4.78 is 0. The van der Waals surface area contributed by atoms with Crippen molar-refractivity contribution >= 4 is 0 Å². The summed E-state index contributed by atoms with van der Waals surface area (Å²) in [6.07, 6.45) is 0. The molecule has 0 aliphatic carbocycles. The Kier molecular flexibility index (Phi) is 1.73. The molecule has 1 heteroatoms. The zero-order valence-electron chi connectivity index (χ0n) is 6.10. The van der Waals surface area contributed by atoms with Crippen LogP contribution < -0.4 is 0 Å². The molecule has 0 aliphatic rings. The first-order valence-corrected chi connectivity index (χ1v) is 3.13. The van der Waals surface area contributed by atoms with Gasteiger partial charge >= 0.3 is 0 Å². The molecule has 0 unspecified atom stereocenters. The summed E-state index contributed by atoms with van der Waals surface area (Å²) in [4.78, 5) is 0. The summed E-state index contributed by atoms with van der Waals surface area (Å²) in [6, 6.07) is 8.60. The fourth-order valence-corrected chi connectivity index (χ4v) is 0.795. The molecule has 0 fully saturated rings. The first kappa shape index (κ1) is 6.82. The maximum atomic E-state index is 8.57. The smallest absolute Gasteiger partial charge is 0.0994 e. The minimum atomic E-state index is 0.722. The van der Waals surface area contributed by atoms with E-state index in [2.05, 4.69) is 12.1 Å². The second-order valence-electron chi connectivity index (χ2n) is 2.29. The molecule has 49 valence electrons. The van der Waals surface area contributed by atoms with Crippen LogP contribution in [0.3, 0.4) is 0 Å². The number of rotatable bonds is 0. The van der Waals surface area contributed by atoms with Crippen molar-refractivity contribution in [2.24, 2.45) is 0 Å². The Bertz CT molecular complexity index is 281. The highest BCUT2D eigenvalue weighted by Crippen LogP contribution is 2.09. The number of aryl methyl sites for hydroxylation is 1. The van der Waals surface area contributed by atoms with Crippen LogP contribution in [0.15, 0.2) is 12.1 Å². The van der Waals surface area contributed by atoms with E-state index in [0.717, 1.165) is 16.7 Å². The average Bonchev–Trinajstić information content (AvgIpc) is 1.95. The number of hydrogen-bond acceptors (Lipinski definition) is 1. The van der Waals surface area contributed by atoms with Gasteiger partial charge in [-0.1, -0.05) is 6.07 Å². The summed E-state index contributed by atoms with van der Waals surface area (Å²) in [5, 5.41) is 8.57. The van der Waals surface area contributed by atoms with Gasteiger partial charge in [0, 0.05) is 0 Å². The van der Waals surface area contributed by atoms with E-state index in [1.54, 1.807) is 6.07 Å². The summed E-state index contributed by atoms with van der Waals surface area (Å²) in [6.45, 7) is 3.92. The van der Waals surface area contributed by atoms with Gasteiger partial charge in [0.05, 0.1) is 11.6 Å². The molecule has 0 aromatic heterocycles. The maximum absolute atomic E-state index is 8.57. The molecule has 0 aliphatic heterocycles. The summed E-state index contributed by atoms with van der Waals surface area (Å²) in [5.74, 6) is 0. The predicted molar refractivity (Wildman–Crippen MR) is 39.5 cm³/mol. The van der Waals surface area contributed by atoms with Crippen LogP contribution in [0.2, 0.25) is 0 Å². The molecule has 1 aromatic rings. The van der Waals surface area contributed by atoms with Crippen LogP contribution in [-0.2, 0) is 0 Å². The third-order valence-electron chi connectivity index (χ3n) is 1.64. The van der Waals surface area contributed by atoms with Gasteiger partial charge in [-0.25, -0.2) is 0 Å². The highest BCUT2D eigenvalue weighted by atomic mass is 14.2. The SMILES string of the molecule is Cc1c[c]cc(C#N)c1C. The monoisotopic (exact) mass is 130 g/mol. The van der Waals surface area contributed by atoms with E-state index in [1.807, 2.05) is 19.9 Å². The highest BCUT2D eigenvalue weighted by molar-refractivity contribution is 5.40. The van der Waals surface area contributed by atoms with Gasteiger partial charge in [0.2, 0.25) is 0 Å². The van der Waals surface area contributed by atoms with Gasteiger partial charge in [-0.2, -0.15) is 5.26 Å². The van der Waals surface area contributed by atoms with Crippen molar-refractivity contribution in [3.63, 3.8) is 0 Å². The van der Waals surface area contributed by atoms with Crippen LogP contribution >= 0.6 is 0 Å². The van der Waals surface area contributed by atoms with Gasteiger partial charge in [0.25, 0.3) is 0 Å². The minimum Gasteiger partial charge on any atom is -0.192 e. The molecule has 0 heterocycles. The van der Waals surface area contributed by atoms with E-state index in [1.165, 1.54) is 0 Å². The molecule has 0 bridgehead atoms. The molecule has 0 amide bonds. The average molecular weight is 130 g/mol. The molecule has 0 N–H and O–H groups in total. The quantitative estimate of drug-likeness (QED) is 0.526. The van der Waals surface area contributed by atoms with Gasteiger partial charge in [0.1, 0.15) is 0 Å². The fraction of sp³-hybridized carbons (Fsp3) is 0.222. The van der Waals surface area contributed by atoms with E-state index in [0.29, 0.717) is 0 Å². The molecule has 0 atom stereocenters. The van der Waals surface area contributed by atoms with Gasteiger partial charge in [-0.15, -0.1) is 0 Å². The van der Waals surface area contributed by atoms with Crippen molar-refractivity contribution in [1.29, 1.82) is 5.26 Å². The molecular formula is C9H8N. The van der Waals surface area contributed by atoms with Crippen molar-refractivity contribution in [1.82, 2.24) is 0 Å². The lowest BCUT2D eigenvalue weighted by Gasteiger charge is -1.98. The van der Waals surface area contributed by atoms with Crippen molar-refractivity contribution in [2.45, 2.75) is 13.8 Å². The van der Waals surface area contributed by atoms with E-state index in [9.17, 15) is 0 Å². The van der Waals surface area contributed by atoms with E-state index in [4.69, 9.17) is 5.26 Å². The lowest BCUT2D eigenvalue weighted by atomic mass is 10.1. The van der Waals surface area contributed by atoms with Gasteiger partial charge in [-0.05, 0) is 37.1 Å². The Labute approximate surface area is 60.9 Å². The normalized spacial score (nSPS) is 8.90. The third kappa shape index (κ3) is 1.01. The van der Waals surface area contributed by atoms with Crippen LogP contribution in [-0.4, -0.2) is 0 Å². The molecule has 0 saturated heterocycles. The maximum Gasteiger partial charge on any atom is 0.0994 e. The Morgan fingerprint density at radius 1 is 1.40 bits per heavy atom. The molecule has 1 rings (SSSR count). The molecular weight excluding hydrogens is 122 g/mol. The number of hydrogen-bond donors (Lipinski definition) is 0. The summed E-state index contributed by atoms with van der Waals surface area (Å²) >= 11 is 0. The molecule has 1 radical (unpaired) electrons. The first-order chi connectivity index (χ1) is 4.75. The largest absolute Gasteiger partial charge is 0.192 e. The zero-order chi connectivity index (χ0) is 7.56. The highest BCUT2D eigenvalue weighted by Gasteiger charge is 1.96. The van der Waals surface area contributed by atoms with E-state index in [-0.39, 0.29) is 0 Å². The first-order valence-electron chi connectivity index (χ1n) is 3.13. The lowest BCUT2D eigenvalue weighted by Crippen LogP contribution is -1.84. The second-order valence-corrected chi connectivity index (χ2v) is 2.29. The third-order valence-corrected chi connectivity index (χ3v) is 1.64. The zero-order valence-corrected chi connectivity index (χ0v) is 6.10. The summed E-state index contributed by atoms with van der Waals surface area (Å²) in [7, 11) is 0. The molecule has 1 nitrogen and oxygen atoms in total. The predicted octanol–water partition coefficient (Wildman–Crippen LogP) is 1.98. The minimum absolute atomic E-state index is 0.722. The van der Waals surface area contributed by atoms with E-state index < -0.39 is 0 Å². The van der Waals surface area contributed by atoms with Crippen LogP contribution in [0.5, 0.6) is 0 Å². The number of nitriles is 1. The molecule has 1 aromatic carbocycles. The summed E-state index contributed by atoms with van der Waals surface area (Å²) in [5.41, 5.74) is 2.90. The second kappa shape index (κ2) is 2.53. The van der Waals surface area contributed by atoms with E-state index >= 15 is 0 Å². The van der Waals surface area contributed by atoms with Crippen LogP contribution in [0.1, 0.15) is 16.7 Å².